The predicted molar refractivity (Wildman–Crippen MR) is 82.2 cm³/mol. The average Bonchev–Trinajstić information content (AvgIpc) is 2.91. The molecule has 0 amide bonds. The number of fused-ring (bicyclic) bond motifs is 2. The summed E-state index contributed by atoms with van der Waals surface area (Å²) in [4.78, 5) is 0. The highest BCUT2D eigenvalue weighted by atomic mass is 16.3. The summed E-state index contributed by atoms with van der Waals surface area (Å²) >= 11 is 0. The third-order valence-electron chi connectivity index (χ3n) is 4.43. The number of hydrogen-bond donors (Lipinski definition) is 1. The molecule has 3 aromatic carbocycles. The van der Waals surface area contributed by atoms with Gasteiger partial charge in [0, 0.05) is 11.5 Å². The Morgan fingerprint density at radius 3 is 2.60 bits per heavy atom. The molecule has 1 aliphatic rings. The first kappa shape index (κ1) is 11.5. The Kier molecular flexibility index (Phi) is 2.53. The van der Waals surface area contributed by atoms with Crippen molar-refractivity contribution in [1.29, 1.82) is 0 Å². The van der Waals surface area contributed by atoms with Crippen LogP contribution in [0.4, 0.5) is 0 Å². The van der Waals surface area contributed by atoms with Gasteiger partial charge in [0.1, 0.15) is 5.75 Å². The second-order valence-corrected chi connectivity index (χ2v) is 5.51. The van der Waals surface area contributed by atoms with Crippen molar-refractivity contribution >= 4 is 10.8 Å². The van der Waals surface area contributed by atoms with Gasteiger partial charge >= 0.3 is 0 Å². The second kappa shape index (κ2) is 4.38. The van der Waals surface area contributed by atoms with Crippen molar-refractivity contribution < 1.29 is 5.11 Å². The van der Waals surface area contributed by atoms with Crippen LogP contribution >= 0.6 is 0 Å². The largest absolute Gasteiger partial charge is 0.508 e. The van der Waals surface area contributed by atoms with Crippen molar-refractivity contribution in [1.82, 2.24) is 0 Å². The summed E-state index contributed by atoms with van der Waals surface area (Å²) < 4.78 is 0. The molecule has 0 radical (unpaired) electrons. The first-order chi connectivity index (χ1) is 9.84. The third kappa shape index (κ3) is 1.63. The van der Waals surface area contributed by atoms with E-state index in [2.05, 4.69) is 36.4 Å². The molecule has 0 aromatic heterocycles. The lowest BCUT2D eigenvalue weighted by molar-refractivity contribution is 0.466. The molecule has 1 nitrogen and oxygen atoms in total. The molecule has 1 heteroatoms. The molecule has 0 aliphatic heterocycles. The number of aryl methyl sites for hydroxylation is 1. The summed E-state index contributed by atoms with van der Waals surface area (Å²) in [5.41, 5.74) is 3.89. The number of phenols is 1. The highest BCUT2D eigenvalue weighted by Gasteiger charge is 2.26. The van der Waals surface area contributed by atoms with Gasteiger partial charge in [0.25, 0.3) is 0 Å². The molecule has 20 heavy (non-hydrogen) atoms. The molecular formula is C19H16O. The lowest BCUT2D eigenvalue weighted by Crippen LogP contribution is -1.98. The van der Waals surface area contributed by atoms with E-state index in [-0.39, 0.29) is 0 Å². The topological polar surface area (TPSA) is 20.2 Å². The van der Waals surface area contributed by atoms with Gasteiger partial charge in [0.05, 0.1) is 0 Å². The second-order valence-electron chi connectivity index (χ2n) is 5.51. The standard InChI is InChI=1S/C19H16O/c20-18-12-10-14-6-2-4-8-16(14)19(18)17-11-9-13-5-1-3-7-15(13)17/h1-8,10,12,17,20H,9,11H2. The monoisotopic (exact) mass is 260 g/mol. The van der Waals surface area contributed by atoms with Crippen molar-refractivity contribution in [2.75, 3.05) is 0 Å². The van der Waals surface area contributed by atoms with E-state index in [9.17, 15) is 5.11 Å². The van der Waals surface area contributed by atoms with E-state index in [0.29, 0.717) is 11.7 Å². The van der Waals surface area contributed by atoms with E-state index in [0.717, 1.165) is 18.4 Å². The van der Waals surface area contributed by atoms with Crippen molar-refractivity contribution in [2.45, 2.75) is 18.8 Å². The molecule has 98 valence electrons. The van der Waals surface area contributed by atoms with Crippen LogP contribution in [0.1, 0.15) is 29.0 Å². The Morgan fingerprint density at radius 2 is 1.65 bits per heavy atom. The number of benzene rings is 3. The minimum absolute atomic E-state index is 0.317. The lowest BCUT2D eigenvalue weighted by atomic mass is 9.88. The summed E-state index contributed by atoms with van der Waals surface area (Å²) in [5, 5.41) is 12.8. The molecule has 0 saturated carbocycles. The van der Waals surface area contributed by atoms with Crippen LogP contribution in [-0.2, 0) is 6.42 Å². The summed E-state index contributed by atoms with van der Waals surface area (Å²) in [6, 6.07) is 20.8. The molecule has 1 unspecified atom stereocenters. The van der Waals surface area contributed by atoms with Crippen LogP contribution in [0.15, 0.2) is 60.7 Å². The minimum atomic E-state index is 0.317. The van der Waals surface area contributed by atoms with Gasteiger partial charge in [-0.2, -0.15) is 0 Å². The van der Waals surface area contributed by atoms with E-state index in [4.69, 9.17) is 0 Å². The van der Waals surface area contributed by atoms with Gasteiger partial charge in [0.15, 0.2) is 0 Å². The van der Waals surface area contributed by atoms with Crippen molar-refractivity contribution in [2.24, 2.45) is 0 Å². The lowest BCUT2D eigenvalue weighted by Gasteiger charge is -2.16. The zero-order chi connectivity index (χ0) is 13.5. The third-order valence-corrected chi connectivity index (χ3v) is 4.43. The van der Waals surface area contributed by atoms with Gasteiger partial charge in [0.2, 0.25) is 0 Å². The van der Waals surface area contributed by atoms with Crippen molar-refractivity contribution in [3.8, 4) is 5.75 Å². The fourth-order valence-electron chi connectivity index (χ4n) is 3.51. The average molecular weight is 260 g/mol. The number of rotatable bonds is 1. The predicted octanol–water partition coefficient (Wildman–Crippen LogP) is 4.62. The Hall–Kier alpha value is -2.28. The van der Waals surface area contributed by atoms with Crippen LogP contribution in [0.5, 0.6) is 5.75 Å². The maximum atomic E-state index is 10.4. The minimum Gasteiger partial charge on any atom is -0.508 e. The van der Waals surface area contributed by atoms with Gasteiger partial charge < -0.3 is 5.11 Å². The molecule has 1 aliphatic carbocycles. The number of aromatic hydroxyl groups is 1. The molecule has 0 saturated heterocycles. The molecule has 0 bridgehead atoms. The Morgan fingerprint density at radius 1 is 0.850 bits per heavy atom. The molecule has 1 N–H and O–H groups in total. The summed E-state index contributed by atoms with van der Waals surface area (Å²) in [6.45, 7) is 0. The van der Waals surface area contributed by atoms with Crippen LogP contribution in [-0.4, -0.2) is 5.11 Å². The van der Waals surface area contributed by atoms with Gasteiger partial charge in [-0.1, -0.05) is 54.6 Å². The molecule has 4 rings (SSSR count). The zero-order valence-electron chi connectivity index (χ0n) is 11.2. The van der Waals surface area contributed by atoms with E-state index in [1.807, 2.05) is 24.3 Å². The molecule has 0 spiro atoms. The number of phenolic OH excluding ortho intramolecular Hbond substituents is 1. The molecule has 0 heterocycles. The van der Waals surface area contributed by atoms with Crippen molar-refractivity contribution in [3.63, 3.8) is 0 Å². The van der Waals surface area contributed by atoms with E-state index in [1.165, 1.54) is 21.9 Å². The van der Waals surface area contributed by atoms with Crippen LogP contribution in [0.25, 0.3) is 10.8 Å². The molecule has 0 fully saturated rings. The Bertz CT molecular complexity index is 789. The summed E-state index contributed by atoms with van der Waals surface area (Å²) in [7, 11) is 0. The highest BCUT2D eigenvalue weighted by molar-refractivity contribution is 5.88. The number of hydrogen-bond acceptors (Lipinski definition) is 1. The van der Waals surface area contributed by atoms with E-state index < -0.39 is 0 Å². The van der Waals surface area contributed by atoms with Crippen molar-refractivity contribution in [3.05, 3.63) is 77.4 Å². The van der Waals surface area contributed by atoms with Gasteiger partial charge in [-0.25, -0.2) is 0 Å². The Balaban J connectivity index is 1.98. The first-order valence-electron chi connectivity index (χ1n) is 7.13. The van der Waals surface area contributed by atoms with Crippen LogP contribution in [0.2, 0.25) is 0 Å². The van der Waals surface area contributed by atoms with Gasteiger partial charge in [-0.3, -0.25) is 0 Å². The van der Waals surface area contributed by atoms with Gasteiger partial charge in [-0.05, 0) is 40.8 Å². The zero-order valence-corrected chi connectivity index (χ0v) is 11.2. The molecule has 3 aromatic rings. The highest BCUT2D eigenvalue weighted by Crippen LogP contribution is 2.44. The normalized spacial score (nSPS) is 17.3. The summed E-state index contributed by atoms with van der Waals surface area (Å²) in [5.74, 6) is 0.739. The van der Waals surface area contributed by atoms with E-state index in [1.54, 1.807) is 0 Å². The van der Waals surface area contributed by atoms with Crippen LogP contribution < -0.4 is 0 Å². The fraction of sp³-hybridized carbons (Fsp3) is 0.158. The molecule has 1 atom stereocenters. The smallest absolute Gasteiger partial charge is 0.120 e. The molecular weight excluding hydrogens is 244 g/mol. The van der Waals surface area contributed by atoms with Gasteiger partial charge in [-0.15, -0.1) is 0 Å². The fourth-order valence-corrected chi connectivity index (χ4v) is 3.51. The quantitative estimate of drug-likeness (QED) is 0.676. The first-order valence-corrected chi connectivity index (χ1v) is 7.13. The maximum absolute atomic E-state index is 10.4. The maximum Gasteiger partial charge on any atom is 0.120 e. The van der Waals surface area contributed by atoms with Crippen LogP contribution in [0.3, 0.4) is 0 Å². The van der Waals surface area contributed by atoms with Crippen LogP contribution in [0, 0.1) is 0 Å². The van der Waals surface area contributed by atoms with E-state index >= 15 is 0 Å². The SMILES string of the molecule is Oc1ccc2ccccc2c1C1CCc2ccccc21. The Labute approximate surface area is 118 Å². The summed E-state index contributed by atoms with van der Waals surface area (Å²) in [6.07, 6.45) is 2.18.